The van der Waals surface area contributed by atoms with Gasteiger partial charge in [0.05, 0.1) is 0 Å². The SMILES string of the molecule is CC(=O)Nc1cccc(NC(=O)C(=O)NCC2(c3cccs3)CCOCC2)c1. The molecular weight excluding hydrogens is 378 g/mol. The van der Waals surface area contributed by atoms with E-state index >= 15 is 0 Å². The molecule has 2 aromatic rings. The predicted molar refractivity (Wildman–Crippen MR) is 108 cm³/mol. The Morgan fingerprint density at radius 3 is 2.39 bits per heavy atom. The summed E-state index contributed by atoms with van der Waals surface area (Å²) in [4.78, 5) is 37.0. The smallest absolute Gasteiger partial charge is 0.313 e. The monoisotopic (exact) mass is 401 g/mol. The summed E-state index contributed by atoms with van der Waals surface area (Å²) >= 11 is 1.66. The second-order valence-electron chi connectivity index (χ2n) is 6.77. The Morgan fingerprint density at radius 2 is 1.75 bits per heavy atom. The van der Waals surface area contributed by atoms with E-state index in [0.29, 0.717) is 31.1 Å². The first-order chi connectivity index (χ1) is 13.5. The number of carbonyl (C=O) groups is 3. The molecule has 1 aliphatic rings. The Hall–Kier alpha value is -2.71. The summed E-state index contributed by atoms with van der Waals surface area (Å²) in [6.45, 7) is 3.05. The minimum Gasteiger partial charge on any atom is -0.381 e. The number of hydrogen-bond acceptors (Lipinski definition) is 5. The highest BCUT2D eigenvalue weighted by Crippen LogP contribution is 2.36. The maximum Gasteiger partial charge on any atom is 0.313 e. The van der Waals surface area contributed by atoms with Gasteiger partial charge in [0.2, 0.25) is 5.91 Å². The Morgan fingerprint density at radius 1 is 1.04 bits per heavy atom. The summed E-state index contributed by atoms with van der Waals surface area (Å²) in [7, 11) is 0. The van der Waals surface area contributed by atoms with Gasteiger partial charge >= 0.3 is 11.8 Å². The average Bonchev–Trinajstić information content (AvgIpc) is 3.22. The molecule has 148 valence electrons. The van der Waals surface area contributed by atoms with Crippen molar-refractivity contribution in [3.63, 3.8) is 0 Å². The molecule has 1 saturated heterocycles. The van der Waals surface area contributed by atoms with Crippen LogP contribution in [0.1, 0.15) is 24.6 Å². The number of benzene rings is 1. The Kier molecular flexibility index (Phi) is 6.43. The lowest BCUT2D eigenvalue weighted by Gasteiger charge is -2.36. The second kappa shape index (κ2) is 8.99. The molecule has 0 saturated carbocycles. The molecule has 3 N–H and O–H groups in total. The Labute approximate surface area is 167 Å². The van der Waals surface area contributed by atoms with Crippen molar-refractivity contribution in [2.75, 3.05) is 30.4 Å². The Bertz CT molecular complexity index is 845. The van der Waals surface area contributed by atoms with E-state index in [0.717, 1.165) is 12.8 Å². The van der Waals surface area contributed by atoms with Crippen LogP contribution in [0.25, 0.3) is 0 Å². The highest BCUT2D eigenvalue weighted by atomic mass is 32.1. The fourth-order valence-corrected chi connectivity index (χ4v) is 4.24. The lowest BCUT2D eigenvalue weighted by molar-refractivity contribution is -0.136. The highest BCUT2D eigenvalue weighted by molar-refractivity contribution is 7.10. The van der Waals surface area contributed by atoms with Crippen molar-refractivity contribution in [1.29, 1.82) is 0 Å². The van der Waals surface area contributed by atoms with Crippen molar-refractivity contribution in [2.45, 2.75) is 25.2 Å². The molecule has 0 unspecified atom stereocenters. The summed E-state index contributed by atoms with van der Waals surface area (Å²) in [5.41, 5.74) is 0.781. The predicted octanol–water partition coefficient (Wildman–Crippen LogP) is 2.51. The minimum absolute atomic E-state index is 0.201. The fourth-order valence-electron chi connectivity index (χ4n) is 3.25. The molecule has 3 amide bonds. The molecule has 7 nitrogen and oxygen atoms in total. The van der Waals surface area contributed by atoms with Crippen molar-refractivity contribution in [3.8, 4) is 0 Å². The summed E-state index contributed by atoms with van der Waals surface area (Å²) in [5, 5.41) is 10.00. The molecule has 28 heavy (non-hydrogen) atoms. The summed E-state index contributed by atoms with van der Waals surface area (Å²) < 4.78 is 5.48. The third-order valence-electron chi connectivity index (χ3n) is 4.73. The van der Waals surface area contributed by atoms with Crippen molar-refractivity contribution >= 4 is 40.4 Å². The van der Waals surface area contributed by atoms with E-state index in [1.54, 1.807) is 35.6 Å². The lowest BCUT2D eigenvalue weighted by Crippen LogP contribution is -2.46. The van der Waals surface area contributed by atoms with Crippen molar-refractivity contribution in [2.24, 2.45) is 0 Å². The quantitative estimate of drug-likeness (QED) is 0.671. The van der Waals surface area contributed by atoms with Gasteiger partial charge in [-0.25, -0.2) is 0 Å². The van der Waals surface area contributed by atoms with Crippen LogP contribution in [-0.4, -0.2) is 37.5 Å². The van der Waals surface area contributed by atoms with Crippen LogP contribution >= 0.6 is 11.3 Å². The zero-order valence-electron chi connectivity index (χ0n) is 15.6. The normalized spacial score (nSPS) is 15.5. The van der Waals surface area contributed by atoms with Gasteiger partial charge in [-0.2, -0.15) is 0 Å². The number of thiophene rings is 1. The molecule has 0 spiro atoms. The van der Waals surface area contributed by atoms with Gasteiger partial charge in [-0.15, -0.1) is 11.3 Å². The van der Waals surface area contributed by atoms with E-state index in [9.17, 15) is 14.4 Å². The van der Waals surface area contributed by atoms with Crippen LogP contribution in [0.5, 0.6) is 0 Å². The highest BCUT2D eigenvalue weighted by Gasteiger charge is 2.36. The van der Waals surface area contributed by atoms with Crippen molar-refractivity contribution < 1.29 is 19.1 Å². The zero-order chi connectivity index (χ0) is 20.0. The molecule has 1 aromatic heterocycles. The largest absolute Gasteiger partial charge is 0.381 e. The van der Waals surface area contributed by atoms with Gasteiger partial charge in [-0.3, -0.25) is 14.4 Å². The summed E-state index contributed by atoms with van der Waals surface area (Å²) in [5.74, 6) is -1.64. The maximum atomic E-state index is 12.3. The number of amides is 3. The zero-order valence-corrected chi connectivity index (χ0v) is 16.4. The van der Waals surface area contributed by atoms with E-state index in [2.05, 4.69) is 22.0 Å². The standard InChI is InChI=1S/C20H23N3O4S/c1-14(24)22-15-4-2-5-16(12-15)23-19(26)18(25)21-13-20(7-9-27-10-8-20)17-6-3-11-28-17/h2-6,11-12H,7-10,13H2,1H3,(H,21,25)(H,22,24)(H,23,26). The van der Waals surface area contributed by atoms with Crippen LogP contribution in [0.15, 0.2) is 41.8 Å². The molecule has 1 fully saturated rings. The fraction of sp³-hybridized carbons (Fsp3) is 0.350. The summed E-state index contributed by atoms with van der Waals surface area (Å²) in [6.07, 6.45) is 1.60. The summed E-state index contributed by atoms with van der Waals surface area (Å²) in [6, 6.07) is 10.7. The molecule has 0 atom stereocenters. The number of hydrogen-bond donors (Lipinski definition) is 3. The molecule has 0 radical (unpaired) electrons. The van der Waals surface area contributed by atoms with Gasteiger partial charge in [-0.1, -0.05) is 12.1 Å². The first kappa shape index (κ1) is 20.0. The third kappa shape index (κ3) is 4.96. The minimum atomic E-state index is -0.742. The van der Waals surface area contributed by atoms with Crippen molar-refractivity contribution in [3.05, 3.63) is 46.7 Å². The van der Waals surface area contributed by atoms with Crippen LogP contribution < -0.4 is 16.0 Å². The number of nitrogens with one attached hydrogen (secondary N) is 3. The van der Waals surface area contributed by atoms with Gasteiger partial charge in [0.25, 0.3) is 0 Å². The van der Waals surface area contributed by atoms with Gasteiger partial charge in [0.15, 0.2) is 0 Å². The molecule has 2 heterocycles. The van der Waals surface area contributed by atoms with E-state index < -0.39 is 11.8 Å². The third-order valence-corrected chi connectivity index (χ3v) is 5.84. The average molecular weight is 401 g/mol. The molecule has 0 bridgehead atoms. The topological polar surface area (TPSA) is 96.5 Å². The van der Waals surface area contributed by atoms with Crippen LogP contribution in [0, 0.1) is 0 Å². The number of carbonyl (C=O) groups excluding carboxylic acids is 3. The first-order valence-electron chi connectivity index (χ1n) is 9.07. The van der Waals surface area contributed by atoms with Gasteiger partial charge in [-0.05, 0) is 42.5 Å². The molecule has 3 rings (SSSR count). The molecule has 0 aliphatic carbocycles. The number of ether oxygens (including phenoxy) is 1. The van der Waals surface area contributed by atoms with Gasteiger partial charge < -0.3 is 20.7 Å². The van der Waals surface area contributed by atoms with E-state index in [-0.39, 0.29) is 11.3 Å². The van der Waals surface area contributed by atoms with Crippen molar-refractivity contribution in [1.82, 2.24) is 5.32 Å². The van der Waals surface area contributed by atoms with Crippen LogP contribution in [-0.2, 0) is 24.5 Å². The molecule has 1 aromatic carbocycles. The molecule has 8 heteroatoms. The van der Waals surface area contributed by atoms with Crippen LogP contribution in [0.2, 0.25) is 0 Å². The molecule has 1 aliphatic heterocycles. The van der Waals surface area contributed by atoms with E-state index in [1.807, 2.05) is 11.4 Å². The van der Waals surface area contributed by atoms with E-state index in [1.165, 1.54) is 11.8 Å². The van der Waals surface area contributed by atoms with Gasteiger partial charge in [0.1, 0.15) is 0 Å². The lowest BCUT2D eigenvalue weighted by atomic mass is 9.78. The van der Waals surface area contributed by atoms with Gasteiger partial charge in [0, 0.05) is 48.3 Å². The van der Waals surface area contributed by atoms with E-state index in [4.69, 9.17) is 4.74 Å². The van der Waals surface area contributed by atoms with Crippen LogP contribution in [0.3, 0.4) is 0 Å². The maximum absolute atomic E-state index is 12.3. The Balaban J connectivity index is 1.61. The number of anilines is 2. The number of rotatable bonds is 5. The molecular formula is C20H23N3O4S. The van der Waals surface area contributed by atoms with Crippen LogP contribution in [0.4, 0.5) is 11.4 Å². The second-order valence-corrected chi connectivity index (χ2v) is 7.72. The first-order valence-corrected chi connectivity index (χ1v) is 9.95.